The van der Waals surface area contributed by atoms with Gasteiger partial charge in [0.05, 0.1) is 25.9 Å². The molecule has 1 aliphatic heterocycles. The molecule has 1 N–H and O–H groups in total. The van der Waals surface area contributed by atoms with Crippen LogP contribution in [-0.4, -0.2) is 32.3 Å². The smallest absolute Gasteiger partial charge is 0.258 e. The molecule has 1 amide bonds. The Kier molecular flexibility index (Phi) is 7.22. The lowest BCUT2D eigenvalue weighted by Gasteiger charge is -2.24. The number of benzene rings is 2. The van der Waals surface area contributed by atoms with Crippen molar-refractivity contribution in [2.75, 3.05) is 26.4 Å². The van der Waals surface area contributed by atoms with Gasteiger partial charge in [-0.25, -0.2) is 0 Å². The lowest BCUT2D eigenvalue weighted by molar-refractivity contribution is -0.124. The molecule has 0 spiro atoms. The van der Waals surface area contributed by atoms with E-state index in [9.17, 15) is 4.79 Å². The minimum atomic E-state index is -0.176. The highest BCUT2D eigenvalue weighted by atomic mass is 16.5. The van der Waals surface area contributed by atoms with Gasteiger partial charge in [0.1, 0.15) is 11.5 Å². The van der Waals surface area contributed by atoms with Crippen molar-refractivity contribution in [1.29, 1.82) is 0 Å². The number of carbonyl (C=O) groups excluding carboxylic acids is 1. The van der Waals surface area contributed by atoms with Gasteiger partial charge in [0, 0.05) is 6.42 Å². The normalized spacial score (nSPS) is 14.1. The second kappa shape index (κ2) is 10.0. The van der Waals surface area contributed by atoms with E-state index >= 15 is 0 Å². The molecule has 0 aliphatic carbocycles. The fourth-order valence-corrected chi connectivity index (χ4v) is 3.17. The van der Waals surface area contributed by atoms with Gasteiger partial charge in [0.25, 0.3) is 5.91 Å². The van der Waals surface area contributed by atoms with Gasteiger partial charge in [0.2, 0.25) is 0 Å². The maximum Gasteiger partial charge on any atom is 0.258 e. The van der Waals surface area contributed by atoms with Crippen molar-refractivity contribution in [2.45, 2.75) is 33.2 Å². The van der Waals surface area contributed by atoms with Crippen molar-refractivity contribution in [3.63, 3.8) is 0 Å². The molecule has 29 heavy (non-hydrogen) atoms. The fourth-order valence-electron chi connectivity index (χ4n) is 3.17. The zero-order valence-corrected chi connectivity index (χ0v) is 17.3. The van der Waals surface area contributed by atoms with Crippen molar-refractivity contribution in [1.82, 2.24) is 5.32 Å². The summed E-state index contributed by atoms with van der Waals surface area (Å²) in [5.74, 6) is 2.90. The van der Waals surface area contributed by atoms with Gasteiger partial charge in [-0.3, -0.25) is 4.79 Å². The van der Waals surface area contributed by atoms with Crippen LogP contribution in [0, 0.1) is 5.92 Å². The third-order valence-corrected chi connectivity index (χ3v) is 4.62. The number of amides is 1. The third kappa shape index (κ3) is 5.79. The molecule has 2 aromatic carbocycles. The Hall–Kier alpha value is -2.89. The summed E-state index contributed by atoms with van der Waals surface area (Å²) in [4.78, 5) is 12.5. The summed E-state index contributed by atoms with van der Waals surface area (Å²) in [7, 11) is 0. The SMILES string of the molecule is CCOc1ccc(OCC(=O)NC(c2ccc3c(c2)OCCCO3)C(C)C)cc1. The van der Waals surface area contributed by atoms with Gasteiger partial charge in [-0.05, 0) is 54.8 Å². The lowest BCUT2D eigenvalue weighted by Crippen LogP contribution is -2.35. The molecule has 1 heterocycles. The summed E-state index contributed by atoms with van der Waals surface area (Å²) in [5, 5.41) is 3.07. The van der Waals surface area contributed by atoms with Crippen LogP contribution in [0.25, 0.3) is 0 Å². The van der Waals surface area contributed by atoms with E-state index in [2.05, 4.69) is 19.2 Å². The van der Waals surface area contributed by atoms with E-state index in [0.717, 1.165) is 29.2 Å². The van der Waals surface area contributed by atoms with Crippen molar-refractivity contribution < 1.29 is 23.7 Å². The van der Waals surface area contributed by atoms with Gasteiger partial charge in [-0.2, -0.15) is 0 Å². The molecule has 0 saturated heterocycles. The van der Waals surface area contributed by atoms with E-state index < -0.39 is 0 Å². The summed E-state index contributed by atoms with van der Waals surface area (Å²) in [6, 6.07) is 12.9. The molecule has 0 bridgehead atoms. The first kappa shape index (κ1) is 20.8. The van der Waals surface area contributed by atoms with E-state index in [1.807, 2.05) is 37.3 Å². The maximum atomic E-state index is 12.5. The van der Waals surface area contributed by atoms with Crippen molar-refractivity contribution in [3.8, 4) is 23.0 Å². The molecule has 3 rings (SSSR count). The molecule has 1 unspecified atom stereocenters. The molecule has 156 valence electrons. The highest BCUT2D eigenvalue weighted by Gasteiger charge is 2.21. The van der Waals surface area contributed by atoms with Crippen molar-refractivity contribution in [3.05, 3.63) is 48.0 Å². The molecular formula is C23H29NO5. The zero-order valence-electron chi connectivity index (χ0n) is 17.3. The quantitative estimate of drug-likeness (QED) is 0.723. The summed E-state index contributed by atoms with van der Waals surface area (Å²) >= 11 is 0. The second-order valence-corrected chi connectivity index (χ2v) is 7.24. The van der Waals surface area contributed by atoms with Crippen LogP contribution in [-0.2, 0) is 4.79 Å². The molecule has 0 fully saturated rings. The Morgan fingerprint density at radius 3 is 2.31 bits per heavy atom. The average molecular weight is 399 g/mol. The van der Waals surface area contributed by atoms with E-state index in [4.69, 9.17) is 18.9 Å². The zero-order chi connectivity index (χ0) is 20.6. The Balaban J connectivity index is 1.61. The minimum absolute atomic E-state index is 0.0538. The van der Waals surface area contributed by atoms with Gasteiger partial charge in [-0.1, -0.05) is 19.9 Å². The Labute approximate surface area is 172 Å². The van der Waals surface area contributed by atoms with Crippen molar-refractivity contribution in [2.24, 2.45) is 5.92 Å². The second-order valence-electron chi connectivity index (χ2n) is 7.24. The van der Waals surface area contributed by atoms with Crippen LogP contribution in [0.1, 0.15) is 38.8 Å². The molecule has 6 heteroatoms. The third-order valence-electron chi connectivity index (χ3n) is 4.62. The molecule has 6 nitrogen and oxygen atoms in total. The van der Waals surface area contributed by atoms with Crippen LogP contribution in [0.4, 0.5) is 0 Å². The number of hydrogen-bond acceptors (Lipinski definition) is 5. The first-order chi connectivity index (χ1) is 14.1. The van der Waals surface area contributed by atoms with E-state index in [-0.39, 0.29) is 24.5 Å². The van der Waals surface area contributed by atoms with Gasteiger partial charge in [-0.15, -0.1) is 0 Å². The monoisotopic (exact) mass is 399 g/mol. The fraction of sp³-hybridized carbons (Fsp3) is 0.435. The van der Waals surface area contributed by atoms with Gasteiger partial charge < -0.3 is 24.3 Å². The predicted octanol–water partition coefficient (Wildman–Crippen LogP) is 4.14. The predicted molar refractivity (Wildman–Crippen MR) is 111 cm³/mol. The standard InChI is InChI=1S/C23H29NO5/c1-4-26-18-7-9-19(10-8-18)29-15-22(25)24-23(16(2)3)17-6-11-20-21(14-17)28-13-5-12-27-20/h6-11,14,16,23H,4-5,12-13,15H2,1-3H3,(H,24,25). The average Bonchev–Trinajstić information content (AvgIpc) is 2.96. The van der Waals surface area contributed by atoms with Crippen LogP contribution in [0.15, 0.2) is 42.5 Å². The Morgan fingerprint density at radius 2 is 1.66 bits per heavy atom. The highest BCUT2D eigenvalue weighted by molar-refractivity contribution is 5.78. The van der Waals surface area contributed by atoms with Gasteiger partial charge in [0.15, 0.2) is 18.1 Å². The van der Waals surface area contributed by atoms with Crippen LogP contribution in [0.2, 0.25) is 0 Å². The van der Waals surface area contributed by atoms with E-state index in [1.54, 1.807) is 12.1 Å². The Bertz CT molecular complexity index is 803. The lowest BCUT2D eigenvalue weighted by atomic mass is 9.95. The first-order valence-corrected chi connectivity index (χ1v) is 10.1. The molecule has 0 radical (unpaired) electrons. The first-order valence-electron chi connectivity index (χ1n) is 10.1. The van der Waals surface area contributed by atoms with Crippen LogP contribution in [0.3, 0.4) is 0 Å². The van der Waals surface area contributed by atoms with E-state index in [0.29, 0.717) is 25.6 Å². The summed E-state index contributed by atoms with van der Waals surface area (Å²) < 4.78 is 22.5. The van der Waals surface area contributed by atoms with E-state index in [1.165, 1.54) is 0 Å². The maximum absolute atomic E-state index is 12.5. The van der Waals surface area contributed by atoms with Crippen LogP contribution < -0.4 is 24.3 Å². The summed E-state index contributed by atoms with van der Waals surface area (Å²) in [6.45, 7) is 7.91. The summed E-state index contributed by atoms with van der Waals surface area (Å²) in [5.41, 5.74) is 0.985. The number of fused-ring (bicyclic) bond motifs is 1. The van der Waals surface area contributed by atoms with Gasteiger partial charge >= 0.3 is 0 Å². The minimum Gasteiger partial charge on any atom is -0.494 e. The Morgan fingerprint density at radius 1 is 1.00 bits per heavy atom. The summed E-state index contributed by atoms with van der Waals surface area (Å²) in [6.07, 6.45) is 0.858. The number of rotatable bonds is 8. The number of hydrogen-bond donors (Lipinski definition) is 1. The largest absolute Gasteiger partial charge is 0.494 e. The van der Waals surface area contributed by atoms with Crippen LogP contribution in [0.5, 0.6) is 23.0 Å². The molecular weight excluding hydrogens is 370 g/mol. The molecule has 0 aromatic heterocycles. The molecule has 2 aromatic rings. The molecule has 1 atom stereocenters. The van der Waals surface area contributed by atoms with Crippen LogP contribution >= 0.6 is 0 Å². The molecule has 1 aliphatic rings. The van der Waals surface area contributed by atoms with Crippen molar-refractivity contribution >= 4 is 5.91 Å². The number of carbonyl (C=O) groups is 1. The topological polar surface area (TPSA) is 66.0 Å². The number of nitrogens with one attached hydrogen (secondary N) is 1. The number of ether oxygens (including phenoxy) is 4. The molecule has 0 saturated carbocycles. The highest BCUT2D eigenvalue weighted by Crippen LogP contribution is 2.34.